The van der Waals surface area contributed by atoms with Crippen molar-refractivity contribution in [1.29, 1.82) is 0 Å². The van der Waals surface area contributed by atoms with Crippen LogP contribution in [0.5, 0.6) is 0 Å². The van der Waals surface area contributed by atoms with Gasteiger partial charge >= 0.3 is 57.0 Å². The summed E-state index contributed by atoms with van der Waals surface area (Å²) < 4.78 is 7.88. The zero-order valence-electron chi connectivity index (χ0n) is 5.44. The van der Waals surface area contributed by atoms with Gasteiger partial charge in [-0.2, -0.15) is 0 Å². The van der Waals surface area contributed by atoms with E-state index >= 15 is 0 Å². The topological polar surface area (TPSA) is 17.1 Å². The molecule has 0 unspecified atom stereocenters. The fourth-order valence-electron chi connectivity index (χ4n) is 0. The van der Waals surface area contributed by atoms with Crippen LogP contribution in [0.15, 0.2) is 0 Å². The third kappa shape index (κ3) is 31.3. The second kappa shape index (κ2) is 50.4. The summed E-state index contributed by atoms with van der Waals surface area (Å²) >= 11 is 2.62. The van der Waals surface area contributed by atoms with Crippen molar-refractivity contribution < 1.29 is 93.7 Å². The first-order chi connectivity index (χ1) is 1.00. The Bertz CT molecular complexity index is 20.0. The third-order valence-electron chi connectivity index (χ3n) is 0. The molecule has 0 aliphatic heterocycles. The van der Waals surface area contributed by atoms with E-state index in [2.05, 4.69) is 15.4 Å². The van der Waals surface area contributed by atoms with Gasteiger partial charge in [-0.25, -0.2) is 0 Å². The van der Waals surface area contributed by atoms with Gasteiger partial charge in [0.15, 0.2) is 0 Å². The molecule has 0 bridgehead atoms. The molecule has 0 saturated carbocycles. The van der Waals surface area contributed by atoms with Crippen LogP contribution in [0.1, 0.15) is 2.85 Å². The molecule has 0 aliphatic carbocycles. The molecule has 0 aromatic heterocycles. The minimum absolute atomic E-state index is 0. The standard InChI is InChI=1S/Co.2Li.Mn.Ni.O.2H/q;2*+1;;;;2*-1. The Morgan fingerprint density at radius 1 is 1.17 bits per heavy atom. The molecule has 0 aromatic carbocycles. The Balaban J connectivity index is -0.000000000333. The average Bonchev–Trinajstić information content (AvgIpc) is 1.00. The van der Waals surface area contributed by atoms with E-state index in [4.69, 9.17) is 3.90 Å². The predicted molar refractivity (Wildman–Crippen MR) is 2.91 cm³/mol. The number of rotatable bonds is 0. The zero-order chi connectivity index (χ0) is 2.00. The molecular weight excluding hydrogens is 202 g/mol. The van der Waals surface area contributed by atoms with E-state index in [0.717, 1.165) is 0 Å². The van der Waals surface area contributed by atoms with Crippen LogP contribution in [0.2, 0.25) is 0 Å². The predicted octanol–water partition coefficient (Wildman–Crippen LogP) is -5.89. The molecule has 0 heterocycles. The van der Waals surface area contributed by atoms with Gasteiger partial charge in [-0.1, -0.05) is 0 Å². The van der Waals surface area contributed by atoms with Crippen molar-refractivity contribution in [2.24, 2.45) is 0 Å². The Kier molecular flexibility index (Phi) is 327. The van der Waals surface area contributed by atoms with E-state index < -0.39 is 0 Å². The molecule has 0 aromatic rings. The van der Waals surface area contributed by atoms with E-state index in [0.29, 0.717) is 0 Å². The second-order valence-corrected chi connectivity index (χ2v) is 0. The van der Waals surface area contributed by atoms with Crippen molar-refractivity contribution in [3.05, 3.63) is 0 Å². The fourth-order valence-corrected chi connectivity index (χ4v) is 0. The Morgan fingerprint density at radius 3 is 1.17 bits per heavy atom. The SMILES string of the molecule is [Co].[H-].[H-].[Li+].[Li+].[Mn].[O]=[Ni]. The second-order valence-electron chi connectivity index (χ2n) is 0. The summed E-state index contributed by atoms with van der Waals surface area (Å²) in [6, 6.07) is 0. The van der Waals surface area contributed by atoms with Crippen LogP contribution in [0.4, 0.5) is 0 Å². The molecule has 0 amide bonds. The minimum atomic E-state index is 0. The van der Waals surface area contributed by atoms with Crippen LogP contribution < -0.4 is 37.7 Å². The number of hydrogen-bond donors (Lipinski definition) is 0. The van der Waals surface area contributed by atoms with Crippen LogP contribution in [-0.2, 0) is 53.1 Å². The average molecular weight is 204 g/mol. The van der Waals surface area contributed by atoms with Crippen molar-refractivity contribution in [2.75, 3.05) is 0 Å². The third-order valence-corrected chi connectivity index (χ3v) is 0. The van der Waals surface area contributed by atoms with Gasteiger partial charge in [0.05, 0.1) is 0 Å². The summed E-state index contributed by atoms with van der Waals surface area (Å²) in [4.78, 5) is 0. The first kappa shape index (κ1) is 38.9. The van der Waals surface area contributed by atoms with Crippen molar-refractivity contribution in [3.63, 3.8) is 0 Å². The first-order valence-electron chi connectivity index (χ1n) is 0.129. The monoisotopic (exact) mass is 204 g/mol. The fraction of sp³-hybridized carbons (Fsp3) is 0. The van der Waals surface area contributed by atoms with Gasteiger partial charge in [-0.05, 0) is 0 Å². The molecule has 6 heteroatoms. The molecule has 0 fully saturated rings. The molecule has 0 N–H and O–H groups in total. The quantitative estimate of drug-likeness (QED) is 0.359. The van der Waals surface area contributed by atoms with Gasteiger partial charge in [0.2, 0.25) is 0 Å². The summed E-state index contributed by atoms with van der Waals surface area (Å²) in [5, 5.41) is 0. The normalized spacial score (nSPS) is 1.00. The van der Waals surface area contributed by atoms with Crippen molar-refractivity contribution in [2.45, 2.75) is 0 Å². The maximum atomic E-state index is 7.88. The van der Waals surface area contributed by atoms with Crippen LogP contribution >= 0.6 is 0 Å². The molecule has 36 valence electrons. The van der Waals surface area contributed by atoms with Crippen molar-refractivity contribution in [1.82, 2.24) is 0 Å². The molecule has 6 heavy (non-hydrogen) atoms. The van der Waals surface area contributed by atoms with E-state index in [-0.39, 0.29) is 74.4 Å². The van der Waals surface area contributed by atoms with Gasteiger partial charge in [0.1, 0.15) is 0 Å². The van der Waals surface area contributed by atoms with Gasteiger partial charge in [-0.3, -0.25) is 0 Å². The van der Waals surface area contributed by atoms with E-state index in [9.17, 15) is 0 Å². The Hall–Kier alpha value is 2.51. The van der Waals surface area contributed by atoms with Gasteiger partial charge in [-0.15, -0.1) is 0 Å². The van der Waals surface area contributed by atoms with Crippen LogP contribution in [0, 0.1) is 0 Å². The zero-order valence-corrected chi connectivity index (χ0v) is 6.64. The Morgan fingerprint density at radius 2 is 1.17 bits per heavy atom. The summed E-state index contributed by atoms with van der Waals surface area (Å²) in [5.41, 5.74) is 0. The first-order valence-corrected chi connectivity index (χ1v) is 0.532. The van der Waals surface area contributed by atoms with Gasteiger partial charge in [0.25, 0.3) is 0 Å². The molecule has 0 spiro atoms. The van der Waals surface area contributed by atoms with E-state index in [1.165, 1.54) is 0 Å². The summed E-state index contributed by atoms with van der Waals surface area (Å²) in [6.07, 6.45) is 0. The summed E-state index contributed by atoms with van der Waals surface area (Å²) in [5.74, 6) is 0. The molecule has 2 radical (unpaired) electrons. The van der Waals surface area contributed by atoms with Crippen molar-refractivity contribution in [3.8, 4) is 0 Å². The summed E-state index contributed by atoms with van der Waals surface area (Å²) in [7, 11) is 0. The summed E-state index contributed by atoms with van der Waals surface area (Å²) in [6.45, 7) is 0. The van der Waals surface area contributed by atoms with Crippen LogP contribution in [0.3, 0.4) is 0 Å². The molecule has 1 nitrogen and oxygen atoms in total. The van der Waals surface area contributed by atoms with E-state index in [1.54, 1.807) is 0 Å². The van der Waals surface area contributed by atoms with Crippen molar-refractivity contribution >= 4 is 0 Å². The van der Waals surface area contributed by atoms with Gasteiger partial charge < -0.3 is 2.85 Å². The van der Waals surface area contributed by atoms with Crippen LogP contribution in [-0.4, -0.2) is 0 Å². The van der Waals surface area contributed by atoms with E-state index in [1.807, 2.05) is 0 Å². The molecule has 0 saturated heterocycles. The maximum absolute atomic E-state index is 7.88. The number of hydrogen-bond acceptors (Lipinski definition) is 1. The molecule has 0 rings (SSSR count). The molecule has 0 aliphatic rings. The molecule has 0 atom stereocenters. The Labute approximate surface area is 92.7 Å². The molecular formula is H2CoLi2MnNiO. The van der Waals surface area contributed by atoms with Crippen LogP contribution in [0.25, 0.3) is 0 Å². The van der Waals surface area contributed by atoms with Gasteiger partial charge in [0, 0.05) is 33.8 Å².